The molecule has 0 aliphatic heterocycles. The Bertz CT molecular complexity index is 699. The van der Waals surface area contributed by atoms with Crippen LogP contribution in [0.5, 0.6) is 0 Å². The fourth-order valence-corrected chi connectivity index (χ4v) is 2.46. The van der Waals surface area contributed by atoms with Crippen LogP contribution in [0.4, 0.5) is 8.78 Å². The predicted octanol–water partition coefficient (Wildman–Crippen LogP) is 2.36. The summed E-state index contributed by atoms with van der Waals surface area (Å²) in [5.74, 6) is -0.625. The van der Waals surface area contributed by atoms with Crippen LogP contribution in [0.1, 0.15) is 16.4 Å². The molecule has 0 amide bonds. The molecule has 0 unspecified atom stereocenters. The van der Waals surface area contributed by atoms with E-state index in [9.17, 15) is 8.78 Å². The van der Waals surface area contributed by atoms with Crippen molar-refractivity contribution in [1.29, 1.82) is 0 Å². The van der Waals surface area contributed by atoms with E-state index < -0.39 is 11.6 Å². The van der Waals surface area contributed by atoms with E-state index in [1.165, 1.54) is 23.5 Å². The fourth-order valence-electron chi connectivity index (χ4n) is 1.76. The van der Waals surface area contributed by atoms with E-state index in [0.717, 1.165) is 11.1 Å². The first-order valence-electron chi connectivity index (χ1n) is 5.24. The van der Waals surface area contributed by atoms with Crippen LogP contribution in [0.2, 0.25) is 0 Å². The molecule has 3 aromatic rings. The lowest BCUT2D eigenvalue weighted by atomic mass is 10.1. The number of halogens is 2. The van der Waals surface area contributed by atoms with E-state index in [0.29, 0.717) is 22.8 Å². The molecule has 2 aromatic heterocycles. The van der Waals surface area contributed by atoms with Crippen LogP contribution < -0.4 is 0 Å². The number of aromatic nitrogens is 4. The Morgan fingerprint density at radius 1 is 1.17 bits per heavy atom. The lowest BCUT2D eigenvalue weighted by Gasteiger charge is -1.99. The van der Waals surface area contributed by atoms with Crippen molar-refractivity contribution >= 4 is 16.3 Å². The van der Waals surface area contributed by atoms with Crippen LogP contribution in [0.3, 0.4) is 0 Å². The van der Waals surface area contributed by atoms with Crippen LogP contribution in [0, 0.1) is 18.6 Å². The molecule has 0 saturated carbocycles. The molecule has 0 atom stereocenters. The number of rotatable bonds is 2. The minimum Gasteiger partial charge on any atom is -0.207 e. The summed E-state index contributed by atoms with van der Waals surface area (Å²) in [6, 6.07) is 3.41. The summed E-state index contributed by atoms with van der Waals surface area (Å²) in [5, 5.41) is 13.0. The lowest BCUT2D eigenvalue weighted by Crippen LogP contribution is -1.98. The molecule has 0 bridgehead atoms. The summed E-state index contributed by atoms with van der Waals surface area (Å²) >= 11 is 1.42. The molecule has 0 aliphatic carbocycles. The van der Waals surface area contributed by atoms with Crippen LogP contribution in [0.15, 0.2) is 18.2 Å². The van der Waals surface area contributed by atoms with Crippen LogP contribution in [-0.4, -0.2) is 19.8 Å². The molecule has 0 fully saturated rings. The van der Waals surface area contributed by atoms with Gasteiger partial charge in [0.25, 0.3) is 0 Å². The summed E-state index contributed by atoms with van der Waals surface area (Å²) in [7, 11) is 0. The summed E-state index contributed by atoms with van der Waals surface area (Å²) < 4.78 is 27.8. The van der Waals surface area contributed by atoms with Crippen LogP contribution in [0.25, 0.3) is 4.96 Å². The van der Waals surface area contributed by atoms with Gasteiger partial charge in [0, 0.05) is 12.5 Å². The Morgan fingerprint density at radius 2 is 1.89 bits per heavy atom. The van der Waals surface area contributed by atoms with Crippen molar-refractivity contribution in [2.45, 2.75) is 13.3 Å². The molecular formula is C11H8F2N4S. The molecule has 7 heteroatoms. The van der Waals surface area contributed by atoms with Gasteiger partial charge in [-0.3, -0.25) is 0 Å². The monoisotopic (exact) mass is 266 g/mol. The maximum atomic E-state index is 13.1. The van der Waals surface area contributed by atoms with Crippen LogP contribution >= 0.6 is 11.3 Å². The van der Waals surface area contributed by atoms with Gasteiger partial charge in [0.2, 0.25) is 4.96 Å². The van der Waals surface area contributed by atoms with Crippen molar-refractivity contribution in [1.82, 2.24) is 19.8 Å². The van der Waals surface area contributed by atoms with Gasteiger partial charge in [-0.25, -0.2) is 8.78 Å². The molecule has 0 saturated heterocycles. The summed E-state index contributed by atoms with van der Waals surface area (Å²) in [6.07, 6.45) is 0.291. The predicted molar refractivity (Wildman–Crippen MR) is 62.6 cm³/mol. The van der Waals surface area contributed by atoms with Gasteiger partial charge in [-0.15, -0.1) is 10.2 Å². The molecule has 0 N–H and O–H groups in total. The number of nitrogens with zero attached hydrogens (tertiary/aromatic N) is 4. The first kappa shape index (κ1) is 11.2. The zero-order valence-electron chi connectivity index (χ0n) is 9.39. The second kappa shape index (κ2) is 4.09. The fraction of sp³-hybridized carbons (Fsp3) is 0.182. The van der Waals surface area contributed by atoms with Gasteiger partial charge in [-0.05, 0) is 24.6 Å². The maximum Gasteiger partial charge on any atom is 0.234 e. The van der Waals surface area contributed by atoms with Crippen molar-refractivity contribution in [3.8, 4) is 0 Å². The van der Waals surface area contributed by atoms with Crippen LogP contribution in [-0.2, 0) is 6.42 Å². The Morgan fingerprint density at radius 3 is 2.61 bits per heavy atom. The van der Waals surface area contributed by atoms with Crippen molar-refractivity contribution in [2.75, 3.05) is 0 Å². The lowest BCUT2D eigenvalue weighted by molar-refractivity contribution is 0.580. The minimum absolute atomic E-state index is 0.291. The number of hydrogen-bond donors (Lipinski definition) is 0. The Labute approximate surface area is 105 Å². The quantitative estimate of drug-likeness (QED) is 0.715. The highest BCUT2D eigenvalue weighted by Crippen LogP contribution is 2.16. The molecule has 1 aromatic carbocycles. The standard InChI is InChI=1S/C11H8F2N4S/c1-6-16-17-10(14-15-11(17)18-6)4-7-2-8(12)5-9(13)3-7/h2-3,5H,4H2,1H3. The molecule has 4 nitrogen and oxygen atoms in total. The second-order valence-corrected chi connectivity index (χ2v) is 5.05. The Kier molecular flexibility index (Phi) is 2.55. The number of aryl methyl sites for hydroxylation is 1. The molecule has 0 spiro atoms. The Hall–Kier alpha value is -1.89. The average molecular weight is 266 g/mol. The van der Waals surface area contributed by atoms with E-state index in [-0.39, 0.29) is 0 Å². The highest BCUT2D eigenvalue weighted by atomic mass is 32.1. The number of fused-ring (bicyclic) bond motifs is 1. The van der Waals surface area contributed by atoms with E-state index in [1.54, 1.807) is 4.52 Å². The van der Waals surface area contributed by atoms with Crippen molar-refractivity contribution in [3.05, 3.63) is 46.2 Å². The zero-order chi connectivity index (χ0) is 12.7. The summed E-state index contributed by atoms with van der Waals surface area (Å²) in [5.41, 5.74) is 0.507. The Balaban J connectivity index is 2.00. The molecule has 2 heterocycles. The molecular weight excluding hydrogens is 258 g/mol. The highest BCUT2D eigenvalue weighted by Gasteiger charge is 2.11. The maximum absolute atomic E-state index is 13.1. The smallest absolute Gasteiger partial charge is 0.207 e. The van der Waals surface area contributed by atoms with Gasteiger partial charge in [0.05, 0.1) is 0 Å². The van der Waals surface area contributed by atoms with E-state index in [4.69, 9.17) is 0 Å². The molecule has 92 valence electrons. The van der Waals surface area contributed by atoms with E-state index in [2.05, 4.69) is 15.3 Å². The summed E-state index contributed by atoms with van der Waals surface area (Å²) in [6.45, 7) is 1.87. The minimum atomic E-state index is -0.597. The molecule has 0 radical (unpaired) electrons. The first-order chi connectivity index (χ1) is 8.61. The van der Waals surface area contributed by atoms with Crippen molar-refractivity contribution in [3.63, 3.8) is 0 Å². The van der Waals surface area contributed by atoms with Gasteiger partial charge < -0.3 is 0 Å². The van der Waals surface area contributed by atoms with E-state index >= 15 is 0 Å². The van der Waals surface area contributed by atoms with E-state index in [1.807, 2.05) is 6.92 Å². The largest absolute Gasteiger partial charge is 0.234 e. The second-order valence-electron chi connectivity index (χ2n) is 3.89. The summed E-state index contributed by atoms with van der Waals surface area (Å²) in [4.78, 5) is 0.680. The molecule has 3 rings (SSSR count). The third-order valence-corrected chi connectivity index (χ3v) is 3.26. The SMILES string of the molecule is Cc1nn2c(Cc3cc(F)cc(F)c3)nnc2s1. The molecule has 0 aliphatic rings. The average Bonchev–Trinajstić information content (AvgIpc) is 2.78. The zero-order valence-corrected chi connectivity index (χ0v) is 10.2. The van der Waals surface area contributed by atoms with Crippen molar-refractivity contribution < 1.29 is 8.78 Å². The van der Waals surface area contributed by atoms with Gasteiger partial charge in [-0.1, -0.05) is 11.3 Å². The third-order valence-electron chi connectivity index (χ3n) is 2.44. The van der Waals surface area contributed by atoms with Crippen molar-refractivity contribution in [2.24, 2.45) is 0 Å². The van der Waals surface area contributed by atoms with Gasteiger partial charge in [0.15, 0.2) is 5.82 Å². The molecule has 18 heavy (non-hydrogen) atoms. The van der Waals surface area contributed by atoms with Gasteiger partial charge in [0.1, 0.15) is 16.6 Å². The third kappa shape index (κ3) is 1.97. The van der Waals surface area contributed by atoms with Gasteiger partial charge in [-0.2, -0.15) is 9.61 Å². The number of benzene rings is 1. The number of hydrogen-bond acceptors (Lipinski definition) is 4. The first-order valence-corrected chi connectivity index (χ1v) is 6.06. The van der Waals surface area contributed by atoms with Gasteiger partial charge >= 0.3 is 0 Å². The highest BCUT2D eigenvalue weighted by molar-refractivity contribution is 7.16. The topological polar surface area (TPSA) is 43.1 Å². The normalized spacial score (nSPS) is 11.3.